The van der Waals surface area contributed by atoms with Crippen LogP contribution >= 0.6 is 0 Å². The normalized spacial score (nSPS) is 11.7. The first-order valence-electron chi connectivity index (χ1n) is 5.84. The Morgan fingerprint density at radius 3 is 2.90 bits per heavy atom. The smallest absolute Gasteiger partial charge is 0.340 e. The van der Waals surface area contributed by atoms with E-state index in [1.54, 1.807) is 6.08 Å². The Morgan fingerprint density at radius 1 is 1.60 bits per heavy atom. The Morgan fingerprint density at radius 2 is 2.30 bits per heavy atom. The molecule has 6 nitrogen and oxygen atoms in total. The van der Waals surface area contributed by atoms with Crippen molar-refractivity contribution in [2.75, 3.05) is 6.61 Å². The van der Waals surface area contributed by atoms with Crippen molar-refractivity contribution in [3.8, 4) is 5.75 Å². The molecule has 0 N–H and O–H groups in total. The molecule has 1 aromatic carbocycles. The number of halogens is 1. The predicted molar refractivity (Wildman–Crippen MR) is 68.9 cm³/mol. The highest BCUT2D eigenvalue weighted by Gasteiger charge is 2.22. The number of nitro benzene ring substituents is 1. The van der Waals surface area contributed by atoms with E-state index in [-0.39, 0.29) is 6.61 Å². The van der Waals surface area contributed by atoms with Crippen LogP contribution in [0.25, 0.3) is 0 Å². The number of nitro groups is 1. The lowest BCUT2D eigenvalue weighted by Gasteiger charge is -2.11. The maximum Gasteiger partial charge on any atom is 0.340 e. The summed E-state index contributed by atoms with van der Waals surface area (Å²) in [6, 6.07) is 2.63. The van der Waals surface area contributed by atoms with E-state index in [0.29, 0.717) is 6.42 Å². The number of hydrogen-bond donors (Lipinski definition) is 0. The molecule has 1 unspecified atom stereocenters. The highest BCUT2D eigenvalue weighted by atomic mass is 19.1. The van der Waals surface area contributed by atoms with E-state index in [1.807, 2.05) is 0 Å². The van der Waals surface area contributed by atoms with E-state index in [0.717, 1.165) is 18.2 Å². The summed E-state index contributed by atoms with van der Waals surface area (Å²) >= 11 is 0. The summed E-state index contributed by atoms with van der Waals surface area (Å²) in [5.41, 5.74) is -0.488. The highest BCUT2D eigenvalue weighted by Crippen LogP contribution is 2.27. The monoisotopic (exact) mass is 283 g/mol. The van der Waals surface area contributed by atoms with Gasteiger partial charge < -0.3 is 9.47 Å². The van der Waals surface area contributed by atoms with Crippen molar-refractivity contribution in [2.24, 2.45) is 0 Å². The van der Waals surface area contributed by atoms with Crippen molar-refractivity contribution in [1.29, 1.82) is 0 Å². The number of benzene rings is 1. The Balaban J connectivity index is 2.76. The summed E-state index contributed by atoms with van der Waals surface area (Å²) in [6.45, 7) is 5.21. The van der Waals surface area contributed by atoms with Gasteiger partial charge in [0.05, 0.1) is 11.5 Å². The van der Waals surface area contributed by atoms with E-state index in [1.165, 1.54) is 6.92 Å². The second-order valence-corrected chi connectivity index (χ2v) is 3.88. The van der Waals surface area contributed by atoms with E-state index >= 15 is 0 Å². The van der Waals surface area contributed by atoms with Crippen LogP contribution in [0.4, 0.5) is 10.1 Å². The van der Waals surface area contributed by atoms with Crippen LogP contribution in [0.1, 0.15) is 13.3 Å². The third kappa shape index (κ3) is 4.43. The zero-order chi connectivity index (χ0) is 15.1. The fourth-order valence-corrected chi connectivity index (χ4v) is 1.31. The van der Waals surface area contributed by atoms with Crippen LogP contribution in [-0.2, 0) is 9.53 Å². The summed E-state index contributed by atoms with van der Waals surface area (Å²) in [5, 5.41) is 10.7. The molecule has 0 aliphatic heterocycles. The van der Waals surface area contributed by atoms with Crippen LogP contribution in [-0.4, -0.2) is 23.6 Å². The molecule has 1 rings (SSSR count). The zero-order valence-electron chi connectivity index (χ0n) is 10.9. The van der Waals surface area contributed by atoms with Gasteiger partial charge in [-0.05, 0) is 19.4 Å². The lowest BCUT2D eigenvalue weighted by molar-refractivity contribution is -0.385. The van der Waals surface area contributed by atoms with Crippen LogP contribution in [0.3, 0.4) is 0 Å². The number of carbonyl (C=O) groups is 1. The van der Waals surface area contributed by atoms with Crippen molar-refractivity contribution < 1.29 is 23.6 Å². The Labute approximate surface area is 115 Å². The largest absolute Gasteiger partial charge is 0.417 e. The summed E-state index contributed by atoms with van der Waals surface area (Å²) in [5.74, 6) is -2.01. The summed E-state index contributed by atoms with van der Waals surface area (Å²) in [7, 11) is 0. The second kappa shape index (κ2) is 7.34. The van der Waals surface area contributed by atoms with E-state index in [4.69, 9.17) is 9.47 Å². The SMILES string of the molecule is C=CCCOC(C)C(=O)Oc1cc(F)ccc1[N+](=O)[O-]. The lowest BCUT2D eigenvalue weighted by atomic mass is 10.3. The Kier molecular flexibility index (Phi) is 5.79. The minimum atomic E-state index is -0.919. The molecule has 0 saturated carbocycles. The average Bonchev–Trinajstić information content (AvgIpc) is 2.38. The van der Waals surface area contributed by atoms with Gasteiger partial charge in [-0.1, -0.05) is 6.08 Å². The van der Waals surface area contributed by atoms with Gasteiger partial charge in [-0.2, -0.15) is 0 Å². The molecule has 0 radical (unpaired) electrons. The van der Waals surface area contributed by atoms with Gasteiger partial charge in [-0.3, -0.25) is 10.1 Å². The van der Waals surface area contributed by atoms with Gasteiger partial charge in [-0.25, -0.2) is 9.18 Å². The number of rotatable bonds is 7. The first-order valence-corrected chi connectivity index (χ1v) is 5.84. The fraction of sp³-hybridized carbons (Fsp3) is 0.308. The van der Waals surface area contributed by atoms with Gasteiger partial charge in [0.25, 0.3) is 0 Å². The lowest BCUT2D eigenvalue weighted by Crippen LogP contribution is -2.26. The van der Waals surface area contributed by atoms with Crippen molar-refractivity contribution >= 4 is 11.7 Å². The van der Waals surface area contributed by atoms with Gasteiger partial charge in [0.15, 0.2) is 6.10 Å². The van der Waals surface area contributed by atoms with Gasteiger partial charge in [0.1, 0.15) is 5.82 Å². The number of esters is 1. The van der Waals surface area contributed by atoms with Crippen molar-refractivity contribution in [3.63, 3.8) is 0 Å². The van der Waals surface area contributed by atoms with Crippen LogP contribution in [0, 0.1) is 15.9 Å². The third-order valence-corrected chi connectivity index (χ3v) is 2.35. The molecule has 0 aliphatic carbocycles. The van der Waals surface area contributed by atoms with Crippen molar-refractivity contribution in [2.45, 2.75) is 19.4 Å². The maximum atomic E-state index is 13.1. The summed E-state index contributed by atoms with van der Waals surface area (Å²) < 4.78 is 23.0. The molecule has 0 aliphatic rings. The quantitative estimate of drug-likeness (QED) is 0.192. The van der Waals surface area contributed by atoms with Crippen molar-refractivity contribution in [3.05, 3.63) is 46.8 Å². The third-order valence-electron chi connectivity index (χ3n) is 2.35. The molecule has 7 heteroatoms. The van der Waals surface area contributed by atoms with Crippen LogP contribution in [0.5, 0.6) is 5.75 Å². The number of ether oxygens (including phenoxy) is 2. The Hall–Kier alpha value is -2.28. The zero-order valence-corrected chi connectivity index (χ0v) is 10.9. The topological polar surface area (TPSA) is 78.7 Å². The predicted octanol–water partition coefficient (Wildman–Crippen LogP) is 2.62. The molecular formula is C13H14FNO5. The second-order valence-electron chi connectivity index (χ2n) is 3.88. The average molecular weight is 283 g/mol. The molecule has 0 amide bonds. The van der Waals surface area contributed by atoms with E-state index in [2.05, 4.69) is 6.58 Å². The van der Waals surface area contributed by atoms with Crippen molar-refractivity contribution in [1.82, 2.24) is 0 Å². The molecular weight excluding hydrogens is 269 g/mol. The van der Waals surface area contributed by atoms with Gasteiger partial charge >= 0.3 is 11.7 Å². The molecule has 1 aromatic rings. The minimum absolute atomic E-state index is 0.269. The van der Waals surface area contributed by atoms with Gasteiger partial charge in [0, 0.05) is 12.1 Å². The molecule has 20 heavy (non-hydrogen) atoms. The maximum absolute atomic E-state index is 13.1. The standard InChI is InChI=1S/C13H14FNO5/c1-3-4-7-19-9(2)13(16)20-12-8-10(14)5-6-11(12)15(17)18/h3,5-6,8-9H,1,4,7H2,2H3. The summed E-state index contributed by atoms with van der Waals surface area (Å²) in [4.78, 5) is 21.7. The Bertz CT molecular complexity index is 517. The number of nitrogens with zero attached hydrogens (tertiary/aromatic N) is 1. The molecule has 0 fully saturated rings. The van der Waals surface area contributed by atoms with E-state index < -0.39 is 34.3 Å². The van der Waals surface area contributed by atoms with Gasteiger partial charge in [-0.15, -0.1) is 6.58 Å². The molecule has 0 spiro atoms. The van der Waals surface area contributed by atoms with Crippen LogP contribution in [0.15, 0.2) is 30.9 Å². The molecule has 0 saturated heterocycles. The van der Waals surface area contributed by atoms with Gasteiger partial charge in [0.2, 0.25) is 5.75 Å². The molecule has 0 heterocycles. The van der Waals surface area contributed by atoms with Crippen LogP contribution in [0.2, 0.25) is 0 Å². The fourth-order valence-electron chi connectivity index (χ4n) is 1.31. The molecule has 0 aromatic heterocycles. The summed E-state index contributed by atoms with van der Waals surface area (Å²) in [6.07, 6.45) is 1.26. The van der Waals surface area contributed by atoms with E-state index in [9.17, 15) is 19.3 Å². The number of carbonyl (C=O) groups excluding carboxylic acids is 1. The molecule has 0 bridgehead atoms. The molecule has 108 valence electrons. The number of hydrogen-bond acceptors (Lipinski definition) is 5. The first-order chi connectivity index (χ1) is 9.45. The molecule has 1 atom stereocenters. The first kappa shape index (κ1) is 15.8. The highest BCUT2D eigenvalue weighted by molar-refractivity contribution is 5.77. The minimum Gasteiger partial charge on any atom is -0.417 e. The van der Waals surface area contributed by atoms with Crippen LogP contribution < -0.4 is 4.74 Å².